The Morgan fingerprint density at radius 2 is 1.44 bits per heavy atom. The van der Waals surface area contributed by atoms with Crippen LogP contribution in [0.15, 0.2) is 0 Å². The summed E-state index contributed by atoms with van der Waals surface area (Å²) in [6.45, 7) is 5.47. The fourth-order valence-electron chi connectivity index (χ4n) is 0. The summed E-state index contributed by atoms with van der Waals surface area (Å²) in [6, 6.07) is 0. The average Bonchev–Trinajstić information content (AvgIpc) is 1.97. The Morgan fingerprint density at radius 3 is 1.44 bits per heavy atom. The molecule has 0 aliphatic heterocycles. The van der Waals surface area contributed by atoms with Crippen LogP contribution in [0, 0.1) is 0 Å². The van der Waals surface area contributed by atoms with Gasteiger partial charge in [-0.05, 0) is 0 Å². The van der Waals surface area contributed by atoms with Gasteiger partial charge in [0.25, 0.3) is 0 Å². The van der Waals surface area contributed by atoms with Crippen molar-refractivity contribution in [2.45, 2.75) is 20.8 Å². The van der Waals surface area contributed by atoms with Crippen LogP contribution >= 0.6 is 0 Å². The molecule has 58 valence electrons. The van der Waals surface area contributed by atoms with Gasteiger partial charge in [-0.2, -0.15) is 0 Å². The molecule has 0 aromatic carbocycles. The minimum atomic E-state index is 0.00463. The molecule has 0 fully saturated rings. The molecule has 0 aliphatic carbocycles. The number of amides is 1. The minimum absolute atomic E-state index is 0.00463. The Balaban J connectivity index is -0.0000000771. The molecular formula is C6H17NO2. The molecule has 3 nitrogen and oxygen atoms in total. The Morgan fingerprint density at radius 1 is 1.33 bits per heavy atom. The third-order valence-electron chi connectivity index (χ3n) is 0.352. The van der Waals surface area contributed by atoms with Gasteiger partial charge in [0.15, 0.2) is 0 Å². The Labute approximate surface area is 57.1 Å². The van der Waals surface area contributed by atoms with Gasteiger partial charge in [0.2, 0.25) is 5.91 Å². The van der Waals surface area contributed by atoms with Crippen molar-refractivity contribution in [2.75, 3.05) is 14.2 Å². The van der Waals surface area contributed by atoms with Crippen LogP contribution < -0.4 is 5.32 Å². The Bertz CT molecular complexity index is 46.3. The topological polar surface area (TPSA) is 49.3 Å². The molecule has 0 atom stereocenters. The van der Waals surface area contributed by atoms with E-state index in [0.29, 0.717) is 0 Å². The number of nitrogens with one attached hydrogen (secondary N) is 1. The van der Waals surface area contributed by atoms with E-state index in [4.69, 9.17) is 5.11 Å². The van der Waals surface area contributed by atoms with Crippen LogP contribution in [0.25, 0.3) is 0 Å². The number of hydrogen-bond donors (Lipinski definition) is 2. The highest BCUT2D eigenvalue weighted by molar-refractivity contribution is 5.72. The fourth-order valence-corrected chi connectivity index (χ4v) is 0. The quantitative estimate of drug-likeness (QED) is 0.504. The van der Waals surface area contributed by atoms with Crippen LogP contribution in [0.4, 0.5) is 0 Å². The van der Waals surface area contributed by atoms with Gasteiger partial charge in [0, 0.05) is 21.1 Å². The molecule has 0 aromatic heterocycles. The number of hydrogen-bond acceptors (Lipinski definition) is 2. The van der Waals surface area contributed by atoms with Gasteiger partial charge in [0.05, 0.1) is 0 Å². The van der Waals surface area contributed by atoms with Crippen molar-refractivity contribution >= 4 is 5.91 Å². The normalized spacial score (nSPS) is 5.11. The lowest BCUT2D eigenvalue weighted by atomic mass is 10.7. The zero-order valence-corrected chi connectivity index (χ0v) is 6.86. The molecule has 0 saturated heterocycles. The number of carbonyl (C=O) groups is 1. The van der Waals surface area contributed by atoms with E-state index in [1.165, 1.54) is 6.92 Å². The van der Waals surface area contributed by atoms with E-state index in [-0.39, 0.29) is 5.91 Å². The third kappa shape index (κ3) is 107. The van der Waals surface area contributed by atoms with E-state index in [0.717, 1.165) is 7.11 Å². The first-order chi connectivity index (χ1) is 4.27. The maximum Gasteiger partial charge on any atom is 0.216 e. The summed E-state index contributed by atoms with van der Waals surface area (Å²) in [5, 5.41) is 9.39. The van der Waals surface area contributed by atoms with E-state index in [1.807, 2.05) is 13.8 Å². The summed E-state index contributed by atoms with van der Waals surface area (Å²) in [6.07, 6.45) is 0. The molecule has 0 aromatic rings. The van der Waals surface area contributed by atoms with Crippen LogP contribution in [-0.4, -0.2) is 25.2 Å². The summed E-state index contributed by atoms with van der Waals surface area (Å²) in [5.41, 5.74) is 0. The second-order valence-electron chi connectivity index (χ2n) is 0.806. The first-order valence-electron chi connectivity index (χ1n) is 2.90. The first-order valence-corrected chi connectivity index (χ1v) is 2.90. The second kappa shape index (κ2) is 26.1. The van der Waals surface area contributed by atoms with Crippen LogP contribution in [0.2, 0.25) is 0 Å². The predicted molar refractivity (Wildman–Crippen MR) is 39.2 cm³/mol. The van der Waals surface area contributed by atoms with E-state index >= 15 is 0 Å². The largest absolute Gasteiger partial charge is 0.400 e. The smallest absolute Gasteiger partial charge is 0.216 e. The van der Waals surface area contributed by atoms with E-state index in [9.17, 15) is 4.79 Å². The summed E-state index contributed by atoms with van der Waals surface area (Å²) in [7, 11) is 2.60. The molecule has 0 heterocycles. The lowest BCUT2D eigenvalue weighted by Gasteiger charge is -1.80. The van der Waals surface area contributed by atoms with Crippen LogP contribution in [-0.2, 0) is 4.79 Å². The Hall–Kier alpha value is -0.570. The zero-order chi connectivity index (χ0) is 8.28. The summed E-state index contributed by atoms with van der Waals surface area (Å²) < 4.78 is 0. The van der Waals surface area contributed by atoms with Gasteiger partial charge in [-0.25, -0.2) is 0 Å². The maximum absolute atomic E-state index is 9.70. The third-order valence-corrected chi connectivity index (χ3v) is 0.352. The number of aliphatic hydroxyl groups is 1. The molecule has 0 aliphatic rings. The van der Waals surface area contributed by atoms with Crippen molar-refractivity contribution in [3.63, 3.8) is 0 Å². The highest BCUT2D eigenvalue weighted by Crippen LogP contribution is 1.45. The molecular weight excluding hydrogens is 118 g/mol. The second-order valence-corrected chi connectivity index (χ2v) is 0.806. The van der Waals surface area contributed by atoms with E-state index in [2.05, 4.69) is 5.32 Å². The standard InChI is InChI=1S/C3H7NO.C2H6.CH4O/c1-3(5)4-2;2*1-2/h1-2H3,(H,4,5);1-2H3;2H,1H3. The van der Waals surface area contributed by atoms with Gasteiger partial charge in [-0.15, -0.1) is 0 Å². The van der Waals surface area contributed by atoms with Crippen LogP contribution in [0.1, 0.15) is 20.8 Å². The fraction of sp³-hybridized carbons (Fsp3) is 0.833. The lowest BCUT2D eigenvalue weighted by molar-refractivity contribution is -0.118. The number of aliphatic hydroxyl groups excluding tert-OH is 1. The van der Waals surface area contributed by atoms with Crippen LogP contribution in [0.3, 0.4) is 0 Å². The average molecular weight is 135 g/mol. The molecule has 0 bridgehead atoms. The van der Waals surface area contributed by atoms with Crippen LogP contribution in [0.5, 0.6) is 0 Å². The molecule has 0 radical (unpaired) electrons. The summed E-state index contributed by atoms with van der Waals surface area (Å²) in [4.78, 5) is 9.70. The molecule has 0 saturated carbocycles. The van der Waals surface area contributed by atoms with Gasteiger partial charge in [-0.3, -0.25) is 4.79 Å². The molecule has 2 N–H and O–H groups in total. The number of carbonyl (C=O) groups excluding carboxylic acids is 1. The van der Waals surface area contributed by atoms with Crippen molar-refractivity contribution in [3.8, 4) is 0 Å². The van der Waals surface area contributed by atoms with Crippen molar-refractivity contribution in [1.29, 1.82) is 0 Å². The molecule has 0 rings (SSSR count). The Kier molecular flexibility index (Phi) is 45.8. The summed E-state index contributed by atoms with van der Waals surface area (Å²) >= 11 is 0. The zero-order valence-electron chi connectivity index (χ0n) is 6.86. The first kappa shape index (κ1) is 15.8. The van der Waals surface area contributed by atoms with E-state index < -0.39 is 0 Å². The highest BCUT2D eigenvalue weighted by atomic mass is 16.2. The van der Waals surface area contributed by atoms with Crippen molar-refractivity contribution in [2.24, 2.45) is 0 Å². The predicted octanol–water partition coefficient (Wildman–Crippen LogP) is 0.387. The minimum Gasteiger partial charge on any atom is -0.400 e. The SMILES string of the molecule is CC.CNC(C)=O.CO. The van der Waals surface area contributed by atoms with Crippen molar-refractivity contribution in [3.05, 3.63) is 0 Å². The van der Waals surface area contributed by atoms with Gasteiger partial charge < -0.3 is 10.4 Å². The summed E-state index contributed by atoms with van der Waals surface area (Å²) in [5.74, 6) is 0.00463. The molecule has 3 heteroatoms. The molecule has 9 heavy (non-hydrogen) atoms. The highest BCUT2D eigenvalue weighted by Gasteiger charge is 1.72. The van der Waals surface area contributed by atoms with E-state index in [1.54, 1.807) is 7.05 Å². The molecule has 0 unspecified atom stereocenters. The monoisotopic (exact) mass is 135 g/mol. The van der Waals surface area contributed by atoms with Gasteiger partial charge in [-0.1, -0.05) is 13.8 Å². The molecule has 1 amide bonds. The maximum atomic E-state index is 9.70. The number of rotatable bonds is 0. The van der Waals surface area contributed by atoms with Gasteiger partial charge in [0.1, 0.15) is 0 Å². The van der Waals surface area contributed by atoms with Crippen molar-refractivity contribution in [1.82, 2.24) is 5.32 Å². The lowest BCUT2D eigenvalue weighted by Crippen LogP contribution is -2.11. The van der Waals surface area contributed by atoms with Crippen molar-refractivity contribution < 1.29 is 9.90 Å². The molecule has 0 spiro atoms. The van der Waals surface area contributed by atoms with Gasteiger partial charge >= 0.3 is 0 Å².